The van der Waals surface area contributed by atoms with E-state index in [2.05, 4.69) is 9.52 Å². The molecule has 0 saturated heterocycles. The molecule has 0 aliphatic rings. The first-order chi connectivity index (χ1) is 5.77. The lowest BCUT2D eigenvalue weighted by atomic mass is 10.5. The van der Waals surface area contributed by atoms with Gasteiger partial charge in [-0.1, -0.05) is 6.07 Å². The van der Waals surface area contributed by atoms with Crippen LogP contribution in [0.5, 0.6) is 0 Å². The third kappa shape index (κ3) is 1.02. The molecule has 0 aliphatic heterocycles. The summed E-state index contributed by atoms with van der Waals surface area (Å²) in [4.78, 5) is 11.2. The maximum absolute atomic E-state index is 10.6. The summed E-state index contributed by atoms with van der Waals surface area (Å²) in [7, 11) is 0. The number of aromatic nitrogens is 2. The normalized spacial score (nSPS) is 10.3. The molecule has 0 aliphatic carbocycles. The van der Waals surface area contributed by atoms with Gasteiger partial charge in [-0.15, -0.1) is 16.4 Å². The van der Waals surface area contributed by atoms with Crippen molar-refractivity contribution in [2.75, 3.05) is 0 Å². The van der Waals surface area contributed by atoms with Gasteiger partial charge in [0, 0.05) is 0 Å². The Balaban J connectivity index is 2.56. The zero-order valence-electron chi connectivity index (χ0n) is 5.76. The van der Waals surface area contributed by atoms with E-state index in [1.54, 1.807) is 17.5 Å². The van der Waals surface area contributed by atoms with Gasteiger partial charge >= 0.3 is 5.76 Å². The van der Waals surface area contributed by atoms with Crippen molar-refractivity contribution >= 4 is 11.3 Å². The maximum Gasteiger partial charge on any atom is 0.433 e. The Morgan fingerprint density at radius 1 is 1.67 bits per heavy atom. The number of thiophene rings is 1. The Morgan fingerprint density at radius 2 is 2.50 bits per heavy atom. The van der Waals surface area contributed by atoms with E-state index in [0.717, 1.165) is 0 Å². The second-order valence-corrected chi connectivity index (χ2v) is 2.97. The van der Waals surface area contributed by atoms with Crippen molar-refractivity contribution in [3.05, 3.63) is 33.3 Å². The molecule has 0 N–H and O–H groups in total. The second-order valence-electron chi connectivity index (χ2n) is 2.02. The monoisotopic (exact) mass is 183 g/mol. The van der Waals surface area contributed by atoms with Crippen LogP contribution in [0.25, 0.3) is 10.8 Å². The number of hydrogen-bond acceptors (Lipinski definition) is 5. The minimum absolute atomic E-state index is 0.0741. The molecule has 2 aromatic rings. The quantitative estimate of drug-likeness (QED) is 0.658. The van der Waals surface area contributed by atoms with Crippen LogP contribution in [-0.4, -0.2) is 9.94 Å². The van der Waals surface area contributed by atoms with Crippen LogP contribution in [0.1, 0.15) is 0 Å². The topological polar surface area (TPSA) is 71.1 Å². The van der Waals surface area contributed by atoms with Gasteiger partial charge in [0.25, 0.3) is 5.89 Å². The van der Waals surface area contributed by atoms with Gasteiger partial charge in [-0.2, -0.15) is 0 Å². The molecule has 6 heteroatoms. The molecule has 12 heavy (non-hydrogen) atoms. The molecular formula is C6H3N2O3S-. The van der Waals surface area contributed by atoms with Crippen LogP contribution < -0.4 is 5.76 Å². The van der Waals surface area contributed by atoms with E-state index in [1.165, 1.54) is 11.3 Å². The SMILES string of the molecule is O=c1oc(-c2cccs2)nn1[O-]. The number of hydrogen-bond donors (Lipinski definition) is 0. The fourth-order valence-electron chi connectivity index (χ4n) is 0.765. The summed E-state index contributed by atoms with van der Waals surface area (Å²) in [6, 6.07) is 3.50. The van der Waals surface area contributed by atoms with Crippen LogP contribution >= 0.6 is 11.3 Å². The van der Waals surface area contributed by atoms with Crippen LogP contribution in [-0.2, 0) is 0 Å². The summed E-state index contributed by atoms with van der Waals surface area (Å²) >= 11 is 1.35. The fourth-order valence-corrected chi connectivity index (χ4v) is 1.41. The fraction of sp³-hybridized carbons (Fsp3) is 0. The second kappa shape index (κ2) is 2.49. The molecule has 0 aromatic carbocycles. The molecule has 0 spiro atoms. The van der Waals surface area contributed by atoms with Crippen LogP contribution in [0.4, 0.5) is 0 Å². The Kier molecular flexibility index (Phi) is 1.47. The standard InChI is InChI=1S/C6H3N2O3S/c9-6-8(10)7-5(11-6)4-2-1-3-12-4/h1-3H/q-1. The largest absolute Gasteiger partial charge is 0.785 e. The first-order valence-corrected chi connectivity index (χ1v) is 3.97. The van der Waals surface area contributed by atoms with E-state index in [1.807, 2.05) is 0 Å². The van der Waals surface area contributed by atoms with Crippen molar-refractivity contribution in [1.82, 2.24) is 9.94 Å². The van der Waals surface area contributed by atoms with Crippen LogP contribution in [0.15, 0.2) is 26.7 Å². The lowest BCUT2D eigenvalue weighted by Crippen LogP contribution is -2.08. The lowest BCUT2D eigenvalue weighted by molar-refractivity contribution is 0.517. The molecule has 0 amide bonds. The molecule has 2 aromatic heterocycles. The zero-order valence-corrected chi connectivity index (χ0v) is 6.58. The molecule has 0 saturated carbocycles. The highest BCUT2D eigenvalue weighted by Gasteiger charge is 2.05. The molecule has 5 nitrogen and oxygen atoms in total. The van der Waals surface area contributed by atoms with Gasteiger partial charge in [0.1, 0.15) is 0 Å². The summed E-state index contributed by atoms with van der Waals surface area (Å²) in [5.74, 6) is -0.914. The van der Waals surface area contributed by atoms with Gasteiger partial charge in [-0.05, 0) is 11.4 Å². The summed E-state index contributed by atoms with van der Waals surface area (Å²) in [6.45, 7) is 0. The Bertz CT molecular complexity index is 428. The van der Waals surface area contributed by atoms with Crippen molar-refractivity contribution in [1.29, 1.82) is 0 Å². The van der Waals surface area contributed by atoms with Gasteiger partial charge in [-0.25, -0.2) is 9.64 Å². The minimum Gasteiger partial charge on any atom is -0.785 e. The van der Waals surface area contributed by atoms with E-state index in [-0.39, 0.29) is 10.7 Å². The molecule has 0 bridgehead atoms. The van der Waals surface area contributed by atoms with Crippen LogP contribution in [0.2, 0.25) is 0 Å². The van der Waals surface area contributed by atoms with Gasteiger partial charge in [-0.3, -0.25) is 0 Å². The molecule has 0 unspecified atom stereocenters. The Hall–Kier alpha value is -1.56. The molecule has 0 atom stereocenters. The molecule has 2 rings (SSSR count). The van der Waals surface area contributed by atoms with E-state index in [4.69, 9.17) is 0 Å². The van der Waals surface area contributed by atoms with Crippen molar-refractivity contribution in [3.63, 3.8) is 0 Å². The summed E-state index contributed by atoms with van der Waals surface area (Å²) in [5, 5.41) is 15.7. The van der Waals surface area contributed by atoms with Crippen LogP contribution in [0.3, 0.4) is 0 Å². The molecular weight excluding hydrogens is 180 g/mol. The minimum atomic E-state index is -0.988. The third-order valence-electron chi connectivity index (χ3n) is 1.25. The van der Waals surface area contributed by atoms with E-state index in [9.17, 15) is 10.0 Å². The van der Waals surface area contributed by atoms with E-state index in [0.29, 0.717) is 4.88 Å². The van der Waals surface area contributed by atoms with Gasteiger partial charge in [0.2, 0.25) is 0 Å². The molecule has 62 valence electrons. The van der Waals surface area contributed by atoms with Crippen LogP contribution in [0, 0.1) is 5.21 Å². The number of rotatable bonds is 1. The predicted octanol–water partition coefficient (Wildman–Crippen LogP) is 0.911. The van der Waals surface area contributed by atoms with Crippen molar-refractivity contribution in [2.24, 2.45) is 0 Å². The van der Waals surface area contributed by atoms with Gasteiger partial charge in [0.05, 0.1) is 4.88 Å². The number of nitrogens with zero attached hydrogens (tertiary/aromatic N) is 2. The van der Waals surface area contributed by atoms with E-state index < -0.39 is 5.76 Å². The van der Waals surface area contributed by atoms with Gasteiger partial charge in [0.15, 0.2) is 0 Å². The highest BCUT2D eigenvalue weighted by atomic mass is 32.1. The van der Waals surface area contributed by atoms with Crippen molar-refractivity contribution in [3.8, 4) is 10.8 Å². The predicted molar refractivity (Wildman–Crippen MR) is 42.8 cm³/mol. The van der Waals surface area contributed by atoms with E-state index >= 15 is 0 Å². The Morgan fingerprint density at radius 3 is 3.00 bits per heavy atom. The first kappa shape index (κ1) is 7.11. The third-order valence-corrected chi connectivity index (χ3v) is 2.11. The molecule has 2 heterocycles. The average Bonchev–Trinajstić information content (AvgIpc) is 2.61. The first-order valence-electron chi connectivity index (χ1n) is 3.09. The summed E-state index contributed by atoms with van der Waals surface area (Å²) in [5.41, 5.74) is 0. The highest BCUT2D eigenvalue weighted by Crippen LogP contribution is 2.20. The molecule has 0 fully saturated rings. The molecule has 0 radical (unpaired) electrons. The zero-order chi connectivity index (χ0) is 8.55. The smallest absolute Gasteiger partial charge is 0.433 e. The lowest BCUT2D eigenvalue weighted by Gasteiger charge is -1.93. The highest BCUT2D eigenvalue weighted by molar-refractivity contribution is 7.13. The summed E-state index contributed by atoms with van der Waals surface area (Å²) < 4.78 is 4.55. The van der Waals surface area contributed by atoms with Gasteiger partial charge < -0.3 is 9.62 Å². The maximum atomic E-state index is 10.6. The van der Waals surface area contributed by atoms with Crippen molar-refractivity contribution in [2.45, 2.75) is 0 Å². The average molecular weight is 183 g/mol. The summed E-state index contributed by atoms with van der Waals surface area (Å²) in [6.07, 6.45) is 0. The van der Waals surface area contributed by atoms with Crippen molar-refractivity contribution < 1.29 is 4.42 Å². The Labute approximate surface area is 70.5 Å².